The maximum absolute atomic E-state index is 9.91. The van der Waals surface area contributed by atoms with Gasteiger partial charge in [-0.2, -0.15) is 0 Å². The summed E-state index contributed by atoms with van der Waals surface area (Å²) in [4.78, 5) is 2.41. The molecule has 0 aromatic rings. The lowest BCUT2D eigenvalue weighted by molar-refractivity contribution is 0.0738. The Bertz CT molecular complexity index is 295. The fourth-order valence-electron chi connectivity index (χ4n) is 4.04. The van der Waals surface area contributed by atoms with Gasteiger partial charge in [0.25, 0.3) is 0 Å². The number of likely N-dealkylation sites (N-methyl/N-ethyl adjacent to an activating group) is 1. The average molecular weight is 298 g/mol. The Kier molecular flexibility index (Phi) is 6.93. The summed E-state index contributed by atoms with van der Waals surface area (Å²) in [6.07, 6.45) is 8.82. The number of aliphatic hydroxyl groups is 1. The summed E-state index contributed by atoms with van der Waals surface area (Å²) in [5.41, 5.74) is -0.0132. The highest BCUT2D eigenvalue weighted by Gasteiger charge is 2.41. The van der Waals surface area contributed by atoms with Crippen LogP contribution in [0, 0.1) is 5.92 Å². The second-order valence-electron chi connectivity index (χ2n) is 7.02. The van der Waals surface area contributed by atoms with Gasteiger partial charge in [-0.25, -0.2) is 0 Å². The van der Waals surface area contributed by atoms with Crippen LogP contribution >= 0.6 is 0 Å². The zero-order valence-electron chi connectivity index (χ0n) is 13.9. The SMILES string of the molecule is CCCNC1(CO)CCCC1CCN(C)CC1CCCO1. The molecule has 0 bridgehead atoms. The number of rotatable bonds is 9. The Morgan fingerprint density at radius 1 is 1.33 bits per heavy atom. The van der Waals surface area contributed by atoms with Crippen LogP contribution in [-0.4, -0.2) is 61.5 Å². The molecule has 21 heavy (non-hydrogen) atoms. The molecule has 1 saturated carbocycles. The van der Waals surface area contributed by atoms with Gasteiger partial charge in [0.2, 0.25) is 0 Å². The molecule has 2 fully saturated rings. The maximum Gasteiger partial charge on any atom is 0.0702 e. The van der Waals surface area contributed by atoms with Crippen LogP contribution < -0.4 is 5.32 Å². The average Bonchev–Trinajstić information content (AvgIpc) is 3.13. The van der Waals surface area contributed by atoms with E-state index in [-0.39, 0.29) is 12.1 Å². The fourth-order valence-corrected chi connectivity index (χ4v) is 4.04. The number of aliphatic hydroxyl groups excluding tert-OH is 1. The number of nitrogens with zero attached hydrogens (tertiary/aromatic N) is 1. The molecule has 0 spiro atoms. The van der Waals surface area contributed by atoms with E-state index in [0.29, 0.717) is 12.0 Å². The number of hydrogen-bond acceptors (Lipinski definition) is 4. The largest absolute Gasteiger partial charge is 0.394 e. The van der Waals surface area contributed by atoms with Crippen molar-refractivity contribution in [2.45, 2.75) is 63.5 Å². The standard InChI is InChI=1S/C17H34N2O2/c1-3-10-18-17(14-20)9-4-6-15(17)8-11-19(2)13-16-7-5-12-21-16/h15-16,18,20H,3-14H2,1-2H3. The summed E-state index contributed by atoms with van der Waals surface area (Å²) in [5.74, 6) is 0.612. The van der Waals surface area contributed by atoms with E-state index in [9.17, 15) is 5.11 Å². The first-order chi connectivity index (χ1) is 10.2. The van der Waals surface area contributed by atoms with Crippen LogP contribution in [0.2, 0.25) is 0 Å². The molecule has 3 unspecified atom stereocenters. The molecule has 0 radical (unpaired) electrons. The smallest absolute Gasteiger partial charge is 0.0702 e. The number of nitrogens with one attached hydrogen (secondary N) is 1. The van der Waals surface area contributed by atoms with Crippen molar-refractivity contribution >= 4 is 0 Å². The molecule has 0 aromatic heterocycles. The van der Waals surface area contributed by atoms with Gasteiger partial charge in [0, 0.05) is 18.7 Å². The highest BCUT2D eigenvalue weighted by molar-refractivity contribution is 4.99. The molecule has 0 amide bonds. The Hall–Kier alpha value is -0.160. The monoisotopic (exact) mass is 298 g/mol. The van der Waals surface area contributed by atoms with Crippen molar-refractivity contribution in [3.63, 3.8) is 0 Å². The van der Waals surface area contributed by atoms with E-state index in [4.69, 9.17) is 4.74 Å². The van der Waals surface area contributed by atoms with E-state index < -0.39 is 0 Å². The van der Waals surface area contributed by atoms with Crippen LogP contribution in [0.25, 0.3) is 0 Å². The minimum atomic E-state index is -0.0132. The van der Waals surface area contributed by atoms with E-state index in [2.05, 4.69) is 24.2 Å². The first-order valence-corrected chi connectivity index (χ1v) is 8.86. The van der Waals surface area contributed by atoms with Crippen molar-refractivity contribution in [2.24, 2.45) is 5.92 Å². The summed E-state index contributed by atoms with van der Waals surface area (Å²) < 4.78 is 5.72. The fraction of sp³-hybridized carbons (Fsp3) is 1.00. The maximum atomic E-state index is 9.91. The highest BCUT2D eigenvalue weighted by atomic mass is 16.5. The van der Waals surface area contributed by atoms with Crippen LogP contribution in [0.3, 0.4) is 0 Å². The van der Waals surface area contributed by atoms with Gasteiger partial charge in [-0.3, -0.25) is 0 Å². The molecule has 1 saturated heterocycles. The van der Waals surface area contributed by atoms with E-state index in [1.54, 1.807) is 0 Å². The zero-order valence-corrected chi connectivity index (χ0v) is 13.9. The van der Waals surface area contributed by atoms with Gasteiger partial charge in [-0.1, -0.05) is 13.3 Å². The van der Waals surface area contributed by atoms with Crippen molar-refractivity contribution in [3.05, 3.63) is 0 Å². The van der Waals surface area contributed by atoms with E-state index in [1.807, 2.05) is 0 Å². The molecule has 2 rings (SSSR count). The molecule has 0 aromatic carbocycles. The Morgan fingerprint density at radius 3 is 2.86 bits per heavy atom. The first-order valence-electron chi connectivity index (χ1n) is 8.86. The lowest BCUT2D eigenvalue weighted by Crippen LogP contribution is -2.52. The zero-order chi connectivity index (χ0) is 15.1. The Balaban J connectivity index is 1.77. The first kappa shape index (κ1) is 17.2. The van der Waals surface area contributed by atoms with Gasteiger partial charge in [0.15, 0.2) is 0 Å². The van der Waals surface area contributed by atoms with Crippen LogP contribution in [0.4, 0.5) is 0 Å². The van der Waals surface area contributed by atoms with Gasteiger partial charge < -0.3 is 20.1 Å². The summed E-state index contributed by atoms with van der Waals surface area (Å²) in [7, 11) is 2.21. The van der Waals surface area contributed by atoms with Gasteiger partial charge in [0.1, 0.15) is 0 Å². The van der Waals surface area contributed by atoms with Crippen LogP contribution in [0.1, 0.15) is 51.9 Å². The lowest BCUT2D eigenvalue weighted by Gasteiger charge is -2.36. The topological polar surface area (TPSA) is 44.7 Å². The Morgan fingerprint density at radius 2 is 2.19 bits per heavy atom. The summed E-state index contributed by atoms with van der Waals surface area (Å²) in [6.45, 7) is 6.60. The van der Waals surface area contributed by atoms with Crippen LogP contribution in [-0.2, 0) is 4.74 Å². The Labute approximate surface area is 130 Å². The quantitative estimate of drug-likeness (QED) is 0.683. The summed E-state index contributed by atoms with van der Waals surface area (Å²) >= 11 is 0. The van der Waals surface area contributed by atoms with Crippen molar-refractivity contribution in [2.75, 3.05) is 39.9 Å². The summed E-state index contributed by atoms with van der Waals surface area (Å²) in [6, 6.07) is 0. The number of ether oxygens (including phenoxy) is 1. The lowest BCUT2D eigenvalue weighted by atomic mass is 9.85. The minimum Gasteiger partial charge on any atom is -0.394 e. The predicted molar refractivity (Wildman–Crippen MR) is 86.5 cm³/mol. The van der Waals surface area contributed by atoms with Gasteiger partial charge in [-0.05, 0) is 64.6 Å². The molecule has 2 N–H and O–H groups in total. The van der Waals surface area contributed by atoms with Crippen molar-refractivity contribution in [1.82, 2.24) is 10.2 Å². The molecular formula is C17H34N2O2. The highest BCUT2D eigenvalue weighted by Crippen LogP contribution is 2.37. The molecule has 3 atom stereocenters. The van der Waals surface area contributed by atoms with Gasteiger partial charge in [-0.15, -0.1) is 0 Å². The minimum absolute atomic E-state index is 0.0132. The van der Waals surface area contributed by atoms with E-state index in [1.165, 1.54) is 32.1 Å². The van der Waals surface area contributed by atoms with Crippen LogP contribution in [0.5, 0.6) is 0 Å². The third kappa shape index (κ3) is 4.65. The molecule has 1 aliphatic heterocycles. The normalized spacial score (nSPS) is 33.1. The molecule has 2 aliphatic rings. The second kappa shape index (κ2) is 8.47. The van der Waals surface area contributed by atoms with Crippen molar-refractivity contribution in [1.29, 1.82) is 0 Å². The molecular weight excluding hydrogens is 264 g/mol. The van der Waals surface area contributed by atoms with E-state index >= 15 is 0 Å². The van der Waals surface area contributed by atoms with E-state index in [0.717, 1.165) is 39.1 Å². The van der Waals surface area contributed by atoms with Crippen LogP contribution in [0.15, 0.2) is 0 Å². The molecule has 4 heteroatoms. The summed E-state index contributed by atoms with van der Waals surface area (Å²) in [5, 5.41) is 13.6. The third-order valence-electron chi connectivity index (χ3n) is 5.36. The van der Waals surface area contributed by atoms with Crippen molar-refractivity contribution in [3.8, 4) is 0 Å². The van der Waals surface area contributed by atoms with Crippen molar-refractivity contribution < 1.29 is 9.84 Å². The molecule has 4 nitrogen and oxygen atoms in total. The molecule has 124 valence electrons. The molecule has 1 aliphatic carbocycles. The third-order valence-corrected chi connectivity index (χ3v) is 5.36. The predicted octanol–water partition coefficient (Wildman–Crippen LogP) is 2.02. The van der Waals surface area contributed by atoms with Gasteiger partial charge >= 0.3 is 0 Å². The second-order valence-corrected chi connectivity index (χ2v) is 7.02. The number of hydrogen-bond donors (Lipinski definition) is 2. The van der Waals surface area contributed by atoms with Gasteiger partial charge in [0.05, 0.1) is 12.7 Å². The molecule has 1 heterocycles.